The van der Waals surface area contributed by atoms with Gasteiger partial charge >= 0.3 is 5.97 Å². The Morgan fingerprint density at radius 3 is 2.68 bits per heavy atom. The van der Waals surface area contributed by atoms with Crippen LogP contribution in [-0.2, 0) is 11.2 Å². The zero-order chi connectivity index (χ0) is 13.8. The second kappa shape index (κ2) is 5.91. The number of furan rings is 1. The molecule has 0 spiro atoms. The van der Waals surface area contributed by atoms with Gasteiger partial charge in [-0.05, 0) is 24.8 Å². The van der Waals surface area contributed by atoms with Crippen molar-refractivity contribution in [1.29, 1.82) is 0 Å². The standard InChI is InChI=1S/C14H19NO4/c1-2-12-11(5-8-19-12)14(18)15-6-3-10(4-7-15)9-13(16)17/h5,8,10H,2-4,6-7,9H2,1H3,(H,16,17). The van der Waals surface area contributed by atoms with Crippen molar-refractivity contribution in [2.75, 3.05) is 13.1 Å². The molecule has 2 heterocycles. The Morgan fingerprint density at radius 2 is 2.11 bits per heavy atom. The van der Waals surface area contributed by atoms with Crippen LogP contribution in [0, 0.1) is 5.92 Å². The predicted octanol–water partition coefficient (Wildman–Crippen LogP) is 2.17. The van der Waals surface area contributed by atoms with E-state index in [0.717, 1.165) is 18.6 Å². The van der Waals surface area contributed by atoms with E-state index < -0.39 is 5.97 Å². The van der Waals surface area contributed by atoms with Crippen LogP contribution in [0.1, 0.15) is 42.3 Å². The lowest BCUT2D eigenvalue weighted by atomic mass is 9.93. The van der Waals surface area contributed by atoms with Crippen molar-refractivity contribution >= 4 is 11.9 Å². The van der Waals surface area contributed by atoms with Gasteiger partial charge in [0.15, 0.2) is 0 Å². The first-order chi connectivity index (χ1) is 9.11. The van der Waals surface area contributed by atoms with Crippen molar-refractivity contribution in [1.82, 2.24) is 4.90 Å². The number of amides is 1. The van der Waals surface area contributed by atoms with Crippen molar-refractivity contribution in [2.45, 2.75) is 32.6 Å². The molecule has 1 amide bonds. The molecule has 0 unspecified atom stereocenters. The molecule has 104 valence electrons. The summed E-state index contributed by atoms with van der Waals surface area (Å²) < 4.78 is 5.27. The summed E-state index contributed by atoms with van der Waals surface area (Å²) >= 11 is 0. The van der Waals surface area contributed by atoms with Gasteiger partial charge in [-0.15, -0.1) is 0 Å². The molecule has 0 aliphatic carbocycles. The molecule has 0 saturated carbocycles. The summed E-state index contributed by atoms with van der Waals surface area (Å²) in [6.07, 6.45) is 3.97. The van der Waals surface area contributed by atoms with E-state index in [1.54, 1.807) is 17.2 Å². The zero-order valence-corrected chi connectivity index (χ0v) is 11.1. The van der Waals surface area contributed by atoms with E-state index in [2.05, 4.69) is 0 Å². The average molecular weight is 265 g/mol. The van der Waals surface area contributed by atoms with Gasteiger partial charge in [0, 0.05) is 25.9 Å². The molecule has 0 radical (unpaired) electrons. The van der Waals surface area contributed by atoms with Crippen LogP contribution in [-0.4, -0.2) is 35.0 Å². The van der Waals surface area contributed by atoms with Gasteiger partial charge in [-0.1, -0.05) is 6.92 Å². The highest BCUT2D eigenvalue weighted by atomic mass is 16.4. The van der Waals surface area contributed by atoms with Crippen LogP contribution in [0.25, 0.3) is 0 Å². The number of hydrogen-bond acceptors (Lipinski definition) is 3. The minimum Gasteiger partial charge on any atom is -0.481 e. The molecule has 1 N–H and O–H groups in total. The summed E-state index contributed by atoms with van der Waals surface area (Å²) in [5.74, 6) is 0.154. The highest BCUT2D eigenvalue weighted by Gasteiger charge is 2.26. The van der Waals surface area contributed by atoms with Gasteiger partial charge < -0.3 is 14.4 Å². The van der Waals surface area contributed by atoms with Crippen LogP contribution in [0.4, 0.5) is 0 Å². The molecule has 0 aromatic carbocycles. The third kappa shape index (κ3) is 3.16. The topological polar surface area (TPSA) is 70.8 Å². The van der Waals surface area contributed by atoms with Crippen molar-refractivity contribution in [3.63, 3.8) is 0 Å². The maximum Gasteiger partial charge on any atom is 0.303 e. The number of likely N-dealkylation sites (tertiary alicyclic amines) is 1. The van der Waals surface area contributed by atoms with Gasteiger partial charge in [0.1, 0.15) is 5.76 Å². The Morgan fingerprint density at radius 1 is 1.42 bits per heavy atom. The molecule has 1 aromatic heterocycles. The lowest BCUT2D eigenvalue weighted by molar-refractivity contribution is -0.138. The van der Waals surface area contributed by atoms with Gasteiger partial charge in [-0.2, -0.15) is 0 Å². The van der Waals surface area contributed by atoms with Gasteiger partial charge in [0.2, 0.25) is 0 Å². The Labute approximate surface area is 112 Å². The minimum atomic E-state index is -0.757. The molecule has 5 heteroatoms. The minimum absolute atomic E-state index is 0.000579. The number of aryl methyl sites for hydroxylation is 1. The molecular formula is C14H19NO4. The molecule has 1 saturated heterocycles. The molecule has 5 nitrogen and oxygen atoms in total. The number of piperidine rings is 1. The number of nitrogens with zero attached hydrogens (tertiary/aromatic N) is 1. The van der Waals surface area contributed by atoms with E-state index in [0.29, 0.717) is 25.1 Å². The second-order valence-corrected chi connectivity index (χ2v) is 4.94. The van der Waals surface area contributed by atoms with E-state index in [9.17, 15) is 9.59 Å². The van der Waals surface area contributed by atoms with Gasteiger partial charge in [-0.3, -0.25) is 9.59 Å². The third-order valence-electron chi connectivity index (χ3n) is 3.66. The maximum atomic E-state index is 12.3. The molecule has 1 aromatic rings. The van der Waals surface area contributed by atoms with Crippen molar-refractivity contribution in [2.24, 2.45) is 5.92 Å². The van der Waals surface area contributed by atoms with Crippen LogP contribution >= 0.6 is 0 Å². The molecule has 1 aliphatic heterocycles. The summed E-state index contributed by atoms with van der Waals surface area (Å²) in [5.41, 5.74) is 0.638. The molecule has 19 heavy (non-hydrogen) atoms. The Bertz CT molecular complexity index is 458. The first-order valence-corrected chi connectivity index (χ1v) is 6.69. The van der Waals surface area contributed by atoms with E-state index >= 15 is 0 Å². The normalized spacial score (nSPS) is 16.6. The van der Waals surface area contributed by atoms with E-state index in [4.69, 9.17) is 9.52 Å². The number of carboxylic acids is 1. The molecule has 0 atom stereocenters. The average Bonchev–Trinajstić information content (AvgIpc) is 2.86. The number of carboxylic acid groups (broad SMARTS) is 1. The lowest BCUT2D eigenvalue weighted by Crippen LogP contribution is -2.39. The Kier molecular flexibility index (Phi) is 4.24. The van der Waals surface area contributed by atoms with Gasteiger partial charge in [-0.25, -0.2) is 0 Å². The van der Waals surface area contributed by atoms with Crippen molar-refractivity contribution in [3.05, 3.63) is 23.7 Å². The first kappa shape index (κ1) is 13.6. The summed E-state index contributed by atoms with van der Waals surface area (Å²) in [4.78, 5) is 24.8. The number of hydrogen-bond donors (Lipinski definition) is 1. The van der Waals surface area contributed by atoms with Crippen molar-refractivity contribution < 1.29 is 19.1 Å². The summed E-state index contributed by atoms with van der Waals surface area (Å²) in [6, 6.07) is 1.71. The zero-order valence-electron chi connectivity index (χ0n) is 11.1. The largest absolute Gasteiger partial charge is 0.481 e. The SMILES string of the molecule is CCc1occc1C(=O)N1CCC(CC(=O)O)CC1. The molecule has 2 rings (SSSR count). The first-order valence-electron chi connectivity index (χ1n) is 6.69. The monoisotopic (exact) mass is 265 g/mol. The molecule has 0 bridgehead atoms. The van der Waals surface area contributed by atoms with E-state index in [1.165, 1.54) is 0 Å². The second-order valence-electron chi connectivity index (χ2n) is 4.94. The number of aliphatic carboxylic acids is 1. The fourth-order valence-electron chi connectivity index (χ4n) is 2.56. The third-order valence-corrected chi connectivity index (χ3v) is 3.66. The fourth-order valence-corrected chi connectivity index (χ4v) is 2.56. The van der Waals surface area contributed by atoms with Crippen molar-refractivity contribution in [3.8, 4) is 0 Å². The van der Waals surface area contributed by atoms with Crippen LogP contribution in [0.2, 0.25) is 0 Å². The molecule has 1 fully saturated rings. The highest BCUT2D eigenvalue weighted by molar-refractivity contribution is 5.95. The van der Waals surface area contributed by atoms with Gasteiger partial charge in [0.25, 0.3) is 5.91 Å². The Hall–Kier alpha value is -1.78. The predicted molar refractivity (Wildman–Crippen MR) is 69.0 cm³/mol. The summed E-state index contributed by atoms with van der Waals surface area (Å²) in [5, 5.41) is 8.77. The number of rotatable bonds is 4. The summed E-state index contributed by atoms with van der Waals surface area (Å²) in [7, 11) is 0. The van der Waals surface area contributed by atoms with Crippen LogP contribution in [0.5, 0.6) is 0 Å². The van der Waals surface area contributed by atoms with Gasteiger partial charge in [0.05, 0.1) is 11.8 Å². The summed E-state index contributed by atoms with van der Waals surface area (Å²) in [6.45, 7) is 3.21. The lowest BCUT2D eigenvalue weighted by Gasteiger charge is -2.31. The number of carbonyl (C=O) groups is 2. The molecular weight excluding hydrogens is 246 g/mol. The quantitative estimate of drug-likeness (QED) is 0.905. The number of carbonyl (C=O) groups excluding carboxylic acids is 1. The highest BCUT2D eigenvalue weighted by Crippen LogP contribution is 2.23. The maximum absolute atomic E-state index is 12.3. The smallest absolute Gasteiger partial charge is 0.303 e. The van der Waals surface area contributed by atoms with Crippen LogP contribution in [0.3, 0.4) is 0 Å². The van der Waals surface area contributed by atoms with E-state index in [1.807, 2.05) is 6.92 Å². The Balaban J connectivity index is 1.94. The van der Waals surface area contributed by atoms with E-state index in [-0.39, 0.29) is 18.2 Å². The van der Waals surface area contributed by atoms with Crippen LogP contribution < -0.4 is 0 Å². The van der Waals surface area contributed by atoms with Crippen LogP contribution in [0.15, 0.2) is 16.7 Å². The fraction of sp³-hybridized carbons (Fsp3) is 0.571. The molecule has 1 aliphatic rings.